The summed E-state index contributed by atoms with van der Waals surface area (Å²) in [6.07, 6.45) is 1.17. The first-order valence-electron chi connectivity index (χ1n) is 3.89. The summed E-state index contributed by atoms with van der Waals surface area (Å²) < 4.78 is 0. The summed E-state index contributed by atoms with van der Waals surface area (Å²) in [5.41, 5.74) is 11.8. The molecule has 6 heteroatoms. The first-order valence-corrected chi connectivity index (χ1v) is 4.26. The maximum absolute atomic E-state index is 10.4. The Hall–Kier alpha value is -1.33. The summed E-state index contributed by atoms with van der Waals surface area (Å²) in [4.78, 5) is 14.3. The minimum absolute atomic E-state index is 0.209. The van der Waals surface area contributed by atoms with Crippen molar-refractivity contribution < 1.29 is 9.90 Å². The highest BCUT2D eigenvalue weighted by Crippen LogP contribution is 2.21. The molecule has 0 fully saturated rings. The number of aromatic nitrogens is 1. The number of rotatable bonds is 3. The summed E-state index contributed by atoms with van der Waals surface area (Å²) in [6, 6.07) is 0.788. The first-order chi connectivity index (χ1) is 6.50. The number of nitrogens with two attached hydrogens (primary N) is 2. The Labute approximate surface area is 85.7 Å². The zero-order valence-corrected chi connectivity index (χ0v) is 8.03. The number of hydrogen-bond acceptors (Lipinski definition) is 4. The van der Waals surface area contributed by atoms with Gasteiger partial charge in [-0.15, -0.1) is 0 Å². The van der Waals surface area contributed by atoms with E-state index in [2.05, 4.69) is 4.98 Å². The average Bonchev–Trinajstić information content (AvgIpc) is 2.01. The summed E-state index contributed by atoms with van der Waals surface area (Å²) in [7, 11) is 0. The van der Waals surface area contributed by atoms with Gasteiger partial charge in [-0.1, -0.05) is 11.6 Å². The molecule has 0 unspecified atom stereocenters. The Kier molecular flexibility index (Phi) is 3.27. The SMILES string of the molecule is Nc1cc(Cl)cnc1[C@@H](N)CC(=O)O. The zero-order chi connectivity index (χ0) is 10.7. The number of nitrogen functional groups attached to an aromatic ring is 1. The lowest BCUT2D eigenvalue weighted by molar-refractivity contribution is -0.137. The predicted octanol–water partition coefficient (Wildman–Crippen LogP) is 0.792. The molecule has 5 nitrogen and oxygen atoms in total. The van der Waals surface area contributed by atoms with Crippen molar-refractivity contribution in [2.75, 3.05) is 5.73 Å². The Bertz CT molecular complexity index is 356. The molecule has 1 aromatic rings. The number of aliphatic carboxylic acids is 1. The van der Waals surface area contributed by atoms with Gasteiger partial charge in [0.05, 0.1) is 28.9 Å². The van der Waals surface area contributed by atoms with Gasteiger partial charge in [0, 0.05) is 6.20 Å². The zero-order valence-electron chi connectivity index (χ0n) is 7.27. The van der Waals surface area contributed by atoms with E-state index in [-0.39, 0.29) is 6.42 Å². The summed E-state index contributed by atoms with van der Waals surface area (Å²) in [5.74, 6) is -0.992. The van der Waals surface area contributed by atoms with E-state index in [0.717, 1.165) is 0 Å². The minimum atomic E-state index is -0.992. The standard InChI is InChI=1S/C8H10ClN3O2/c9-4-1-5(10)8(12-3-4)6(11)2-7(13)14/h1,3,6H,2,10-11H2,(H,13,14)/t6-/m0/s1. The van der Waals surface area contributed by atoms with Crippen LogP contribution in [0, 0.1) is 0 Å². The van der Waals surface area contributed by atoms with Crippen molar-refractivity contribution in [1.82, 2.24) is 4.98 Å². The van der Waals surface area contributed by atoms with Gasteiger partial charge in [0.1, 0.15) is 0 Å². The molecular weight excluding hydrogens is 206 g/mol. The van der Waals surface area contributed by atoms with E-state index in [1.54, 1.807) is 0 Å². The van der Waals surface area contributed by atoms with Crippen LogP contribution in [-0.4, -0.2) is 16.1 Å². The number of carbonyl (C=O) groups is 1. The maximum Gasteiger partial charge on any atom is 0.305 e. The third kappa shape index (κ3) is 2.58. The lowest BCUT2D eigenvalue weighted by Crippen LogP contribution is -2.17. The van der Waals surface area contributed by atoms with Crippen LogP contribution in [0.5, 0.6) is 0 Å². The van der Waals surface area contributed by atoms with E-state index in [9.17, 15) is 4.79 Å². The fourth-order valence-corrected chi connectivity index (χ4v) is 1.23. The summed E-state index contributed by atoms with van der Waals surface area (Å²) >= 11 is 5.63. The van der Waals surface area contributed by atoms with Crippen LogP contribution >= 0.6 is 11.6 Å². The normalized spacial score (nSPS) is 12.4. The lowest BCUT2D eigenvalue weighted by Gasteiger charge is -2.10. The Balaban J connectivity index is 2.90. The molecule has 0 aliphatic rings. The van der Waals surface area contributed by atoms with Crippen molar-refractivity contribution in [1.29, 1.82) is 0 Å². The molecule has 1 atom stereocenters. The van der Waals surface area contributed by atoms with Crippen LogP contribution in [0.15, 0.2) is 12.3 Å². The number of carboxylic acids is 1. The molecule has 0 aliphatic heterocycles. The maximum atomic E-state index is 10.4. The first kappa shape index (κ1) is 10.7. The van der Waals surface area contributed by atoms with Crippen LogP contribution in [0.4, 0.5) is 5.69 Å². The molecule has 0 aliphatic carbocycles. The number of carboxylic acid groups (broad SMARTS) is 1. The molecule has 5 N–H and O–H groups in total. The topological polar surface area (TPSA) is 102 Å². The quantitative estimate of drug-likeness (QED) is 0.692. The Morgan fingerprint density at radius 3 is 2.86 bits per heavy atom. The van der Waals surface area contributed by atoms with Crippen molar-refractivity contribution in [2.45, 2.75) is 12.5 Å². The summed E-state index contributed by atoms with van der Waals surface area (Å²) in [6.45, 7) is 0. The van der Waals surface area contributed by atoms with Crippen molar-refractivity contribution in [3.05, 3.63) is 23.0 Å². The fraction of sp³-hybridized carbons (Fsp3) is 0.250. The van der Waals surface area contributed by atoms with Crippen LogP contribution in [0.2, 0.25) is 5.02 Å². The second-order valence-electron chi connectivity index (χ2n) is 2.83. The third-order valence-corrected chi connectivity index (χ3v) is 1.87. The largest absolute Gasteiger partial charge is 0.481 e. The Morgan fingerprint density at radius 1 is 1.71 bits per heavy atom. The van der Waals surface area contributed by atoms with E-state index in [1.165, 1.54) is 12.3 Å². The predicted molar refractivity (Wildman–Crippen MR) is 52.8 cm³/mol. The second kappa shape index (κ2) is 4.26. The van der Waals surface area contributed by atoms with Crippen LogP contribution in [0.1, 0.15) is 18.2 Å². The van der Waals surface area contributed by atoms with E-state index in [0.29, 0.717) is 16.4 Å². The minimum Gasteiger partial charge on any atom is -0.481 e. The molecule has 0 radical (unpaired) electrons. The van der Waals surface area contributed by atoms with Crippen LogP contribution in [0.3, 0.4) is 0 Å². The molecule has 14 heavy (non-hydrogen) atoms. The van der Waals surface area contributed by atoms with Crippen molar-refractivity contribution in [3.63, 3.8) is 0 Å². The van der Waals surface area contributed by atoms with Crippen LogP contribution in [-0.2, 0) is 4.79 Å². The van der Waals surface area contributed by atoms with Crippen molar-refractivity contribution >= 4 is 23.3 Å². The van der Waals surface area contributed by atoms with Gasteiger partial charge in [-0.25, -0.2) is 0 Å². The number of anilines is 1. The van der Waals surface area contributed by atoms with Gasteiger partial charge in [-0.3, -0.25) is 9.78 Å². The summed E-state index contributed by atoms with van der Waals surface area (Å²) in [5, 5.41) is 8.91. The Morgan fingerprint density at radius 2 is 2.36 bits per heavy atom. The molecule has 0 spiro atoms. The van der Waals surface area contributed by atoms with Gasteiger partial charge in [-0.05, 0) is 6.07 Å². The number of halogens is 1. The molecule has 0 bridgehead atoms. The highest BCUT2D eigenvalue weighted by Gasteiger charge is 2.14. The van der Waals surface area contributed by atoms with E-state index < -0.39 is 12.0 Å². The van der Waals surface area contributed by atoms with Crippen LogP contribution in [0.25, 0.3) is 0 Å². The smallest absolute Gasteiger partial charge is 0.305 e. The second-order valence-corrected chi connectivity index (χ2v) is 3.27. The molecule has 0 saturated carbocycles. The number of nitrogens with zero attached hydrogens (tertiary/aromatic N) is 1. The molecule has 76 valence electrons. The number of hydrogen-bond donors (Lipinski definition) is 3. The van der Waals surface area contributed by atoms with Gasteiger partial charge >= 0.3 is 5.97 Å². The van der Waals surface area contributed by atoms with Crippen LogP contribution < -0.4 is 11.5 Å². The van der Waals surface area contributed by atoms with Gasteiger partial charge in [-0.2, -0.15) is 0 Å². The fourth-order valence-electron chi connectivity index (χ4n) is 1.06. The molecular formula is C8H10ClN3O2. The van der Waals surface area contributed by atoms with E-state index in [1.807, 2.05) is 0 Å². The third-order valence-electron chi connectivity index (χ3n) is 1.66. The van der Waals surface area contributed by atoms with Gasteiger partial charge < -0.3 is 16.6 Å². The molecule has 0 amide bonds. The monoisotopic (exact) mass is 215 g/mol. The van der Waals surface area contributed by atoms with Crippen molar-refractivity contribution in [3.8, 4) is 0 Å². The highest BCUT2D eigenvalue weighted by atomic mass is 35.5. The molecule has 0 saturated heterocycles. The molecule has 1 rings (SSSR count). The van der Waals surface area contributed by atoms with E-state index >= 15 is 0 Å². The van der Waals surface area contributed by atoms with Gasteiger partial charge in [0.2, 0.25) is 0 Å². The van der Waals surface area contributed by atoms with Gasteiger partial charge in [0.15, 0.2) is 0 Å². The highest BCUT2D eigenvalue weighted by molar-refractivity contribution is 6.30. The number of pyridine rings is 1. The lowest BCUT2D eigenvalue weighted by atomic mass is 10.1. The van der Waals surface area contributed by atoms with Gasteiger partial charge in [0.25, 0.3) is 0 Å². The average molecular weight is 216 g/mol. The molecule has 1 aromatic heterocycles. The molecule has 0 aromatic carbocycles. The molecule has 1 heterocycles. The van der Waals surface area contributed by atoms with E-state index in [4.69, 9.17) is 28.2 Å². The van der Waals surface area contributed by atoms with Crippen molar-refractivity contribution in [2.24, 2.45) is 5.73 Å².